The molecular formula is C20H22ClNO4. The zero-order valence-electron chi connectivity index (χ0n) is 14.8. The fourth-order valence-corrected chi connectivity index (χ4v) is 2.23. The number of rotatable bonds is 8. The minimum atomic E-state index is -0.708. The fourth-order valence-electron chi connectivity index (χ4n) is 2.11. The normalized spacial score (nSPS) is 11.5. The van der Waals surface area contributed by atoms with E-state index >= 15 is 0 Å². The van der Waals surface area contributed by atoms with E-state index in [2.05, 4.69) is 5.32 Å². The molecule has 0 saturated carbocycles. The van der Waals surface area contributed by atoms with Gasteiger partial charge in [-0.2, -0.15) is 0 Å². The van der Waals surface area contributed by atoms with Crippen molar-refractivity contribution in [3.8, 4) is 5.75 Å². The van der Waals surface area contributed by atoms with E-state index in [1.807, 2.05) is 6.92 Å². The van der Waals surface area contributed by atoms with Crippen LogP contribution >= 0.6 is 11.6 Å². The molecule has 0 bridgehead atoms. The second-order valence-corrected chi connectivity index (χ2v) is 6.20. The van der Waals surface area contributed by atoms with Crippen LogP contribution in [0.4, 0.5) is 5.69 Å². The van der Waals surface area contributed by atoms with Crippen LogP contribution in [-0.4, -0.2) is 24.6 Å². The molecule has 0 heterocycles. The summed E-state index contributed by atoms with van der Waals surface area (Å²) in [7, 11) is 0. The predicted molar refractivity (Wildman–Crippen MR) is 102 cm³/mol. The van der Waals surface area contributed by atoms with Crippen molar-refractivity contribution in [3.05, 3.63) is 59.1 Å². The van der Waals surface area contributed by atoms with Gasteiger partial charge in [-0.1, -0.05) is 24.9 Å². The summed E-state index contributed by atoms with van der Waals surface area (Å²) >= 11 is 5.82. The molecule has 0 aliphatic heterocycles. The van der Waals surface area contributed by atoms with E-state index in [0.29, 0.717) is 28.6 Å². The Balaban J connectivity index is 1.89. The number of esters is 1. The first-order valence-electron chi connectivity index (χ1n) is 8.50. The zero-order valence-corrected chi connectivity index (χ0v) is 15.6. The second-order valence-electron chi connectivity index (χ2n) is 5.77. The molecule has 0 spiro atoms. The molecule has 0 radical (unpaired) electrons. The number of halogens is 1. The van der Waals surface area contributed by atoms with E-state index in [0.717, 1.165) is 12.8 Å². The highest BCUT2D eigenvalue weighted by Crippen LogP contribution is 2.17. The second kappa shape index (κ2) is 9.82. The van der Waals surface area contributed by atoms with Crippen molar-refractivity contribution < 1.29 is 19.1 Å². The largest absolute Gasteiger partial charge is 0.479 e. The highest BCUT2D eigenvalue weighted by Gasteiger charge is 2.16. The van der Waals surface area contributed by atoms with Crippen molar-refractivity contribution >= 4 is 29.2 Å². The summed E-state index contributed by atoms with van der Waals surface area (Å²) in [6.07, 6.45) is 1.08. The Hall–Kier alpha value is -2.53. The van der Waals surface area contributed by atoms with Gasteiger partial charge in [0.15, 0.2) is 6.10 Å². The molecule has 1 amide bonds. The average molecular weight is 376 g/mol. The number of anilines is 1. The summed E-state index contributed by atoms with van der Waals surface area (Å²) in [5, 5.41) is 3.38. The smallest absolute Gasteiger partial charge is 0.347 e. The van der Waals surface area contributed by atoms with Gasteiger partial charge in [-0.15, -0.1) is 0 Å². The van der Waals surface area contributed by atoms with Gasteiger partial charge in [0.1, 0.15) is 5.75 Å². The van der Waals surface area contributed by atoms with Gasteiger partial charge in [0.2, 0.25) is 0 Å². The molecule has 5 nitrogen and oxygen atoms in total. The summed E-state index contributed by atoms with van der Waals surface area (Å²) in [5.41, 5.74) is 1.13. The summed E-state index contributed by atoms with van der Waals surface area (Å²) in [5.74, 6) is -0.151. The maximum absolute atomic E-state index is 12.2. The number of nitrogens with one attached hydrogen (secondary N) is 1. The summed E-state index contributed by atoms with van der Waals surface area (Å²) in [6, 6.07) is 13.4. The first kappa shape index (κ1) is 19.8. The molecule has 0 saturated heterocycles. The van der Waals surface area contributed by atoms with Gasteiger partial charge in [-0.3, -0.25) is 4.79 Å². The molecule has 0 fully saturated rings. The Bertz CT molecular complexity index is 728. The van der Waals surface area contributed by atoms with Gasteiger partial charge in [-0.05, 0) is 61.9 Å². The molecule has 0 aromatic heterocycles. The molecule has 138 valence electrons. The average Bonchev–Trinajstić information content (AvgIpc) is 2.64. The first-order chi connectivity index (χ1) is 12.5. The van der Waals surface area contributed by atoms with Crippen LogP contribution < -0.4 is 10.1 Å². The van der Waals surface area contributed by atoms with Crippen molar-refractivity contribution in [2.75, 3.05) is 11.9 Å². The van der Waals surface area contributed by atoms with Gasteiger partial charge in [-0.25, -0.2) is 4.79 Å². The molecule has 0 unspecified atom stereocenters. The van der Waals surface area contributed by atoms with E-state index < -0.39 is 12.1 Å². The molecule has 0 aliphatic carbocycles. The van der Waals surface area contributed by atoms with Gasteiger partial charge >= 0.3 is 5.97 Å². The van der Waals surface area contributed by atoms with Crippen LogP contribution in [0.15, 0.2) is 48.5 Å². The molecule has 2 aromatic rings. The van der Waals surface area contributed by atoms with Crippen molar-refractivity contribution in [3.63, 3.8) is 0 Å². The number of amides is 1. The zero-order chi connectivity index (χ0) is 18.9. The molecule has 1 N–H and O–H groups in total. The van der Waals surface area contributed by atoms with Crippen molar-refractivity contribution in [2.45, 2.75) is 32.8 Å². The lowest BCUT2D eigenvalue weighted by molar-refractivity contribution is -0.151. The van der Waals surface area contributed by atoms with Crippen molar-refractivity contribution in [2.24, 2.45) is 0 Å². The lowest BCUT2D eigenvalue weighted by Gasteiger charge is -2.14. The van der Waals surface area contributed by atoms with E-state index in [1.54, 1.807) is 55.5 Å². The minimum Gasteiger partial charge on any atom is -0.479 e. The Labute approximate surface area is 158 Å². The molecule has 2 aromatic carbocycles. The van der Waals surface area contributed by atoms with Crippen molar-refractivity contribution in [1.82, 2.24) is 0 Å². The predicted octanol–water partition coefficient (Wildman–Crippen LogP) is 4.70. The van der Waals surface area contributed by atoms with Crippen LogP contribution in [0, 0.1) is 0 Å². The Morgan fingerprint density at radius 3 is 2.35 bits per heavy atom. The molecule has 0 aliphatic rings. The van der Waals surface area contributed by atoms with Gasteiger partial charge < -0.3 is 14.8 Å². The SMILES string of the molecule is CCCCOC(=O)[C@H](C)Oc1ccc(C(=O)Nc2ccc(Cl)cc2)cc1. The van der Waals surface area contributed by atoms with E-state index in [-0.39, 0.29) is 5.91 Å². The third kappa shape index (κ3) is 6.08. The van der Waals surface area contributed by atoms with Crippen LogP contribution in [0.5, 0.6) is 5.75 Å². The number of hydrogen-bond acceptors (Lipinski definition) is 4. The monoisotopic (exact) mass is 375 g/mol. The van der Waals surface area contributed by atoms with Crippen LogP contribution in [0.1, 0.15) is 37.0 Å². The molecular weight excluding hydrogens is 354 g/mol. The maximum atomic E-state index is 12.2. The molecule has 26 heavy (non-hydrogen) atoms. The Morgan fingerprint density at radius 1 is 1.08 bits per heavy atom. The third-order valence-corrected chi connectivity index (χ3v) is 3.86. The van der Waals surface area contributed by atoms with Crippen LogP contribution in [0.3, 0.4) is 0 Å². The Morgan fingerprint density at radius 2 is 1.73 bits per heavy atom. The van der Waals surface area contributed by atoms with E-state index in [4.69, 9.17) is 21.1 Å². The van der Waals surface area contributed by atoms with E-state index in [9.17, 15) is 9.59 Å². The molecule has 1 atom stereocenters. The number of hydrogen-bond donors (Lipinski definition) is 1. The first-order valence-corrected chi connectivity index (χ1v) is 8.87. The summed E-state index contributed by atoms with van der Waals surface area (Å²) in [4.78, 5) is 24.0. The quantitative estimate of drug-likeness (QED) is 0.536. The lowest BCUT2D eigenvalue weighted by atomic mass is 10.2. The fraction of sp³-hybridized carbons (Fsp3) is 0.300. The highest BCUT2D eigenvalue weighted by molar-refractivity contribution is 6.30. The van der Waals surface area contributed by atoms with Crippen LogP contribution in [-0.2, 0) is 9.53 Å². The minimum absolute atomic E-state index is 0.245. The third-order valence-electron chi connectivity index (χ3n) is 3.61. The summed E-state index contributed by atoms with van der Waals surface area (Å²) < 4.78 is 10.7. The molecule has 2 rings (SSSR count). The maximum Gasteiger partial charge on any atom is 0.347 e. The number of benzene rings is 2. The molecule has 6 heteroatoms. The number of carbonyl (C=O) groups excluding carboxylic acids is 2. The van der Waals surface area contributed by atoms with Crippen LogP contribution in [0.2, 0.25) is 5.02 Å². The number of ether oxygens (including phenoxy) is 2. The highest BCUT2D eigenvalue weighted by atomic mass is 35.5. The van der Waals surface area contributed by atoms with Gasteiger partial charge in [0, 0.05) is 16.3 Å². The topological polar surface area (TPSA) is 64.6 Å². The van der Waals surface area contributed by atoms with E-state index in [1.165, 1.54) is 0 Å². The van der Waals surface area contributed by atoms with Crippen molar-refractivity contribution in [1.29, 1.82) is 0 Å². The van der Waals surface area contributed by atoms with Gasteiger partial charge in [0.05, 0.1) is 6.61 Å². The standard InChI is InChI=1S/C20H22ClNO4/c1-3-4-13-25-20(24)14(2)26-18-11-5-15(6-12-18)19(23)22-17-9-7-16(21)8-10-17/h5-12,14H,3-4,13H2,1-2H3,(H,22,23)/t14-/m0/s1. The number of unbranched alkanes of at least 4 members (excludes halogenated alkanes) is 1. The van der Waals surface area contributed by atoms with Gasteiger partial charge in [0.25, 0.3) is 5.91 Å². The number of carbonyl (C=O) groups is 2. The Kier molecular flexibility index (Phi) is 7.48. The van der Waals surface area contributed by atoms with Crippen LogP contribution in [0.25, 0.3) is 0 Å². The lowest BCUT2D eigenvalue weighted by Crippen LogP contribution is -2.26. The summed E-state index contributed by atoms with van der Waals surface area (Å²) in [6.45, 7) is 4.06.